The summed E-state index contributed by atoms with van der Waals surface area (Å²) in [6, 6.07) is 7.22. The van der Waals surface area contributed by atoms with Crippen molar-refractivity contribution in [3.63, 3.8) is 0 Å². The highest BCUT2D eigenvalue weighted by Gasteiger charge is 2.61. The first-order chi connectivity index (χ1) is 16.5. The first-order valence-electron chi connectivity index (χ1n) is 11.1. The van der Waals surface area contributed by atoms with Crippen molar-refractivity contribution < 1.29 is 28.2 Å². The summed E-state index contributed by atoms with van der Waals surface area (Å²) in [6.45, 7) is 3.70. The highest BCUT2D eigenvalue weighted by Crippen LogP contribution is 2.51. The van der Waals surface area contributed by atoms with Gasteiger partial charge < -0.3 is 15.5 Å². The van der Waals surface area contributed by atoms with E-state index in [1.54, 1.807) is 18.3 Å². The zero-order chi connectivity index (χ0) is 25.4. The first-order valence-corrected chi connectivity index (χ1v) is 12.0. The van der Waals surface area contributed by atoms with Crippen LogP contribution in [0.4, 0.5) is 24.8 Å². The number of nitrogens with one attached hydrogen (secondary N) is 1. The van der Waals surface area contributed by atoms with Crippen molar-refractivity contribution in [1.82, 2.24) is 15.0 Å². The summed E-state index contributed by atoms with van der Waals surface area (Å²) in [7, 11) is 0. The van der Waals surface area contributed by atoms with Crippen LogP contribution in [0.2, 0.25) is 0 Å². The summed E-state index contributed by atoms with van der Waals surface area (Å²) in [5, 5.41) is 22.9. The highest BCUT2D eigenvalue weighted by atomic mass is 32.1. The fourth-order valence-electron chi connectivity index (χ4n) is 4.51. The molecular formula is C24H25F3N4O3S. The molecule has 1 saturated carbocycles. The SMILES string of the molecule is Cc1cc(Nc2nccc(C)n2)cc(-c2cnc(C(O)(C3CCC(C(=O)O)CC3)C(F)(F)F)s2)c1. The third kappa shape index (κ3) is 5.15. The molecule has 3 aromatic rings. The highest BCUT2D eigenvalue weighted by molar-refractivity contribution is 7.15. The molecule has 1 aliphatic carbocycles. The molecule has 0 saturated heterocycles. The molecule has 0 radical (unpaired) electrons. The summed E-state index contributed by atoms with van der Waals surface area (Å²) < 4.78 is 42.7. The molecule has 0 spiro atoms. The Morgan fingerprint density at radius 1 is 1.11 bits per heavy atom. The van der Waals surface area contributed by atoms with Crippen molar-refractivity contribution >= 4 is 28.9 Å². The Morgan fingerprint density at radius 2 is 1.83 bits per heavy atom. The Balaban J connectivity index is 1.64. The van der Waals surface area contributed by atoms with Crippen molar-refractivity contribution in [3.05, 3.63) is 52.9 Å². The molecule has 1 aliphatic rings. The van der Waals surface area contributed by atoms with Crippen LogP contribution in [-0.4, -0.2) is 37.3 Å². The molecule has 2 aromatic heterocycles. The molecule has 11 heteroatoms. The van der Waals surface area contributed by atoms with E-state index in [2.05, 4.69) is 20.3 Å². The number of thiazole rings is 1. The van der Waals surface area contributed by atoms with Gasteiger partial charge in [0.25, 0.3) is 0 Å². The molecule has 2 heterocycles. The Kier molecular flexibility index (Phi) is 6.83. The van der Waals surface area contributed by atoms with Crippen LogP contribution in [0.3, 0.4) is 0 Å². The number of aliphatic hydroxyl groups is 1. The maximum absolute atomic E-state index is 14.2. The number of nitrogens with zero attached hydrogens (tertiary/aromatic N) is 3. The van der Waals surface area contributed by atoms with Crippen LogP contribution in [0.15, 0.2) is 36.7 Å². The Morgan fingerprint density at radius 3 is 2.46 bits per heavy atom. The van der Waals surface area contributed by atoms with Crippen LogP contribution >= 0.6 is 11.3 Å². The molecule has 0 bridgehead atoms. The molecule has 4 rings (SSSR count). The largest absolute Gasteiger partial charge is 0.481 e. The van der Waals surface area contributed by atoms with E-state index in [9.17, 15) is 28.2 Å². The number of aliphatic carboxylic acids is 1. The fourth-order valence-corrected chi connectivity index (χ4v) is 5.60. The quantitative estimate of drug-likeness (QED) is 0.399. The second kappa shape index (κ2) is 9.54. The summed E-state index contributed by atoms with van der Waals surface area (Å²) in [5.74, 6) is -2.47. The molecule has 0 aliphatic heterocycles. The second-order valence-corrected chi connectivity index (χ2v) is 9.95. The molecule has 1 atom stereocenters. The van der Waals surface area contributed by atoms with Gasteiger partial charge in [-0.25, -0.2) is 15.0 Å². The number of halogens is 3. The predicted molar refractivity (Wildman–Crippen MR) is 125 cm³/mol. The number of alkyl halides is 3. The topological polar surface area (TPSA) is 108 Å². The molecule has 186 valence electrons. The van der Waals surface area contributed by atoms with Gasteiger partial charge in [0.15, 0.2) is 0 Å². The second-order valence-electron chi connectivity index (χ2n) is 8.91. The van der Waals surface area contributed by atoms with Crippen LogP contribution in [0.5, 0.6) is 0 Å². The summed E-state index contributed by atoms with van der Waals surface area (Å²) in [4.78, 5) is 24.2. The standard InChI is InChI=1S/C24H25F3N4O3S/c1-13-9-16(11-18(10-13)31-22-28-8-7-14(2)30-22)19-12-29-21(35-19)23(34,24(25,26)27)17-5-3-15(4-6-17)20(32)33/h7-12,15,17,34H,3-6H2,1-2H3,(H,32,33)(H,28,30,31). The van der Waals surface area contributed by atoms with Crippen LogP contribution in [-0.2, 0) is 10.4 Å². The van der Waals surface area contributed by atoms with E-state index >= 15 is 0 Å². The number of anilines is 2. The summed E-state index contributed by atoms with van der Waals surface area (Å²) >= 11 is 0.790. The monoisotopic (exact) mass is 506 g/mol. The average Bonchev–Trinajstić information content (AvgIpc) is 3.28. The lowest BCUT2D eigenvalue weighted by Gasteiger charge is -2.39. The normalized spacial score (nSPS) is 20.3. The maximum Gasteiger partial charge on any atom is 0.424 e. The Labute approximate surface area is 204 Å². The first kappa shape index (κ1) is 25.1. The van der Waals surface area contributed by atoms with E-state index in [0.29, 0.717) is 22.1 Å². The zero-order valence-electron chi connectivity index (χ0n) is 19.1. The van der Waals surface area contributed by atoms with Gasteiger partial charge in [-0.1, -0.05) is 6.07 Å². The minimum absolute atomic E-state index is 0.0447. The van der Waals surface area contributed by atoms with Gasteiger partial charge in [0, 0.05) is 29.7 Å². The van der Waals surface area contributed by atoms with Gasteiger partial charge in [0.2, 0.25) is 11.5 Å². The van der Waals surface area contributed by atoms with Crippen LogP contribution in [0.25, 0.3) is 10.4 Å². The number of aromatic nitrogens is 3. The zero-order valence-corrected chi connectivity index (χ0v) is 20.0. The average molecular weight is 507 g/mol. The van der Waals surface area contributed by atoms with Gasteiger partial charge >= 0.3 is 12.1 Å². The van der Waals surface area contributed by atoms with Crippen molar-refractivity contribution in [2.75, 3.05) is 5.32 Å². The molecule has 1 aromatic carbocycles. The smallest absolute Gasteiger partial charge is 0.424 e. The number of carbonyl (C=O) groups is 1. The molecule has 3 N–H and O–H groups in total. The number of rotatable bonds is 6. The summed E-state index contributed by atoms with van der Waals surface area (Å²) in [5.41, 5.74) is -0.182. The predicted octanol–water partition coefficient (Wildman–Crippen LogP) is 5.60. The van der Waals surface area contributed by atoms with Gasteiger partial charge in [-0.05, 0) is 68.9 Å². The molecule has 35 heavy (non-hydrogen) atoms. The number of aryl methyl sites for hydroxylation is 2. The molecule has 0 amide bonds. The van der Waals surface area contributed by atoms with E-state index in [-0.39, 0.29) is 25.7 Å². The van der Waals surface area contributed by atoms with E-state index in [1.807, 2.05) is 26.0 Å². The van der Waals surface area contributed by atoms with E-state index in [0.717, 1.165) is 22.6 Å². The van der Waals surface area contributed by atoms with E-state index in [4.69, 9.17) is 0 Å². The lowest BCUT2D eigenvalue weighted by molar-refractivity contribution is -0.290. The molecular weight excluding hydrogens is 481 g/mol. The number of benzene rings is 1. The molecule has 1 fully saturated rings. The number of carboxylic acids is 1. The van der Waals surface area contributed by atoms with Crippen molar-refractivity contribution in [2.24, 2.45) is 11.8 Å². The van der Waals surface area contributed by atoms with Crippen LogP contribution in [0.1, 0.15) is 41.9 Å². The number of hydrogen-bond donors (Lipinski definition) is 3. The van der Waals surface area contributed by atoms with Gasteiger partial charge in [-0.15, -0.1) is 11.3 Å². The summed E-state index contributed by atoms with van der Waals surface area (Å²) in [6.07, 6.45) is -1.91. The Hall–Kier alpha value is -3.05. The van der Waals surface area contributed by atoms with E-state index < -0.39 is 34.6 Å². The number of carboxylic acid groups (broad SMARTS) is 1. The van der Waals surface area contributed by atoms with Gasteiger partial charge in [-0.2, -0.15) is 13.2 Å². The van der Waals surface area contributed by atoms with Crippen LogP contribution in [0, 0.1) is 25.7 Å². The maximum atomic E-state index is 14.2. The fraction of sp³-hybridized carbons (Fsp3) is 0.417. The van der Waals surface area contributed by atoms with Crippen molar-refractivity contribution in [1.29, 1.82) is 0 Å². The van der Waals surface area contributed by atoms with Gasteiger partial charge in [-0.3, -0.25) is 4.79 Å². The van der Waals surface area contributed by atoms with E-state index in [1.165, 1.54) is 6.20 Å². The minimum Gasteiger partial charge on any atom is -0.481 e. The Bertz CT molecular complexity index is 1220. The third-order valence-corrected chi connectivity index (χ3v) is 7.51. The van der Waals surface area contributed by atoms with Crippen molar-refractivity contribution in [2.45, 2.75) is 51.3 Å². The molecule has 1 unspecified atom stereocenters. The molecule has 7 nitrogen and oxygen atoms in total. The number of hydrogen-bond acceptors (Lipinski definition) is 7. The third-order valence-electron chi connectivity index (χ3n) is 6.34. The van der Waals surface area contributed by atoms with Gasteiger partial charge in [0.05, 0.1) is 10.8 Å². The lowest BCUT2D eigenvalue weighted by Crippen LogP contribution is -2.49. The van der Waals surface area contributed by atoms with Crippen molar-refractivity contribution in [3.8, 4) is 10.4 Å². The lowest BCUT2D eigenvalue weighted by atomic mass is 9.73. The van der Waals surface area contributed by atoms with Gasteiger partial charge in [0.1, 0.15) is 5.01 Å². The minimum atomic E-state index is -4.95. The van der Waals surface area contributed by atoms with Crippen LogP contribution < -0.4 is 5.32 Å².